The average Bonchev–Trinajstić information content (AvgIpc) is 3.40. The number of aromatic nitrogens is 4. The van der Waals surface area contributed by atoms with Crippen molar-refractivity contribution in [1.82, 2.24) is 24.3 Å². The first-order chi connectivity index (χ1) is 15.7. The van der Waals surface area contributed by atoms with E-state index in [9.17, 15) is 13.2 Å². The van der Waals surface area contributed by atoms with Gasteiger partial charge in [-0.15, -0.1) is 5.10 Å². The highest BCUT2D eigenvalue weighted by atomic mass is 32.2. The third-order valence-electron chi connectivity index (χ3n) is 5.05. The van der Waals surface area contributed by atoms with Crippen LogP contribution >= 0.6 is 0 Å². The van der Waals surface area contributed by atoms with Crippen molar-refractivity contribution in [3.05, 3.63) is 77.5 Å². The van der Waals surface area contributed by atoms with Crippen LogP contribution in [0.25, 0.3) is 11.6 Å². The number of nitrogens with zero attached hydrogens (tertiary/aromatic N) is 5. The van der Waals surface area contributed by atoms with E-state index in [1.54, 1.807) is 17.8 Å². The van der Waals surface area contributed by atoms with Crippen LogP contribution in [0.2, 0.25) is 0 Å². The van der Waals surface area contributed by atoms with Crippen LogP contribution in [0, 0.1) is 6.92 Å². The molecule has 10 nitrogen and oxygen atoms in total. The molecule has 0 spiro atoms. The zero-order valence-electron chi connectivity index (χ0n) is 18.3. The van der Waals surface area contributed by atoms with Gasteiger partial charge in [0, 0.05) is 31.9 Å². The van der Waals surface area contributed by atoms with Gasteiger partial charge in [-0.1, -0.05) is 35.4 Å². The minimum Gasteiger partial charge on any atom is -0.401 e. The number of carbonyl (C=O) groups excluding carboxylic acids is 1. The minimum absolute atomic E-state index is 0.0856. The maximum atomic E-state index is 12.9. The van der Waals surface area contributed by atoms with Crippen LogP contribution in [0.5, 0.6) is 0 Å². The Labute approximate surface area is 190 Å². The first-order valence-electron chi connectivity index (χ1n) is 10.0. The van der Waals surface area contributed by atoms with Crippen molar-refractivity contribution in [3.63, 3.8) is 0 Å². The third kappa shape index (κ3) is 4.83. The van der Waals surface area contributed by atoms with E-state index in [2.05, 4.69) is 20.6 Å². The fourth-order valence-electron chi connectivity index (χ4n) is 3.10. The van der Waals surface area contributed by atoms with Crippen LogP contribution in [0.15, 0.2) is 70.0 Å². The summed E-state index contributed by atoms with van der Waals surface area (Å²) in [5, 5.41) is 14.5. The maximum absolute atomic E-state index is 12.9. The van der Waals surface area contributed by atoms with E-state index >= 15 is 0 Å². The molecule has 0 radical (unpaired) electrons. The molecule has 170 valence electrons. The largest absolute Gasteiger partial charge is 0.401 e. The van der Waals surface area contributed by atoms with Crippen molar-refractivity contribution in [2.45, 2.75) is 18.4 Å². The Kier molecular flexibility index (Phi) is 6.07. The normalized spacial score (nSPS) is 11.6. The summed E-state index contributed by atoms with van der Waals surface area (Å²) in [6, 6.07) is 16.6. The van der Waals surface area contributed by atoms with Crippen molar-refractivity contribution in [2.75, 3.05) is 12.4 Å². The Hall–Kier alpha value is -3.83. The monoisotopic (exact) mass is 466 g/mol. The first-order valence-corrected chi connectivity index (χ1v) is 11.4. The van der Waals surface area contributed by atoms with Gasteiger partial charge in [0.05, 0.1) is 4.90 Å². The number of nitrogens with one attached hydrogen (secondary N) is 1. The van der Waals surface area contributed by atoms with Crippen molar-refractivity contribution >= 4 is 21.9 Å². The number of hydrogen-bond donors (Lipinski definition) is 1. The molecule has 0 saturated heterocycles. The fourth-order valence-corrected chi connectivity index (χ4v) is 4.25. The molecule has 1 N–H and O–H groups in total. The standard InChI is InChI=1S/C22H22N6O4S/c1-15-13-19(26-28(15)3)21-24-25-22(32-21)23-20(29)17-9-11-18(12-10-17)33(30,31)27(2)14-16-7-5-4-6-8-16/h4-13H,14H2,1-3H3,(H,23,25,29). The molecule has 0 saturated carbocycles. The van der Waals surface area contributed by atoms with Gasteiger partial charge >= 0.3 is 6.01 Å². The van der Waals surface area contributed by atoms with E-state index in [1.165, 1.54) is 35.6 Å². The second-order valence-electron chi connectivity index (χ2n) is 7.43. The van der Waals surface area contributed by atoms with Crippen LogP contribution in [0.1, 0.15) is 21.6 Å². The SMILES string of the molecule is Cc1cc(-c2nnc(NC(=O)c3ccc(S(=O)(=O)N(C)Cc4ccccc4)cc3)o2)nn1C. The van der Waals surface area contributed by atoms with E-state index in [0.717, 1.165) is 11.3 Å². The maximum Gasteiger partial charge on any atom is 0.322 e. The summed E-state index contributed by atoms with van der Waals surface area (Å²) in [5.41, 5.74) is 2.53. The molecular weight excluding hydrogens is 444 g/mol. The molecule has 11 heteroatoms. The number of aryl methyl sites for hydroxylation is 2. The Balaban J connectivity index is 1.44. The Bertz CT molecular complexity index is 1360. The van der Waals surface area contributed by atoms with Crippen LogP contribution < -0.4 is 5.32 Å². The molecule has 0 aliphatic heterocycles. The number of sulfonamides is 1. The van der Waals surface area contributed by atoms with Gasteiger partial charge in [0.15, 0.2) is 0 Å². The molecule has 2 aromatic carbocycles. The molecule has 1 amide bonds. The number of benzene rings is 2. The van der Waals surface area contributed by atoms with E-state index in [1.807, 2.05) is 37.3 Å². The second-order valence-corrected chi connectivity index (χ2v) is 9.48. The van der Waals surface area contributed by atoms with Crippen molar-refractivity contribution in [2.24, 2.45) is 7.05 Å². The summed E-state index contributed by atoms with van der Waals surface area (Å²) in [6.07, 6.45) is 0. The highest BCUT2D eigenvalue weighted by Gasteiger charge is 2.22. The Morgan fingerprint density at radius 1 is 1.09 bits per heavy atom. The lowest BCUT2D eigenvalue weighted by molar-refractivity contribution is 0.102. The number of carbonyl (C=O) groups is 1. The second kappa shape index (κ2) is 8.96. The smallest absolute Gasteiger partial charge is 0.322 e. The van der Waals surface area contributed by atoms with Crippen LogP contribution in [-0.2, 0) is 23.6 Å². The van der Waals surface area contributed by atoms with Crippen molar-refractivity contribution < 1.29 is 17.6 Å². The topological polar surface area (TPSA) is 123 Å². The lowest BCUT2D eigenvalue weighted by Crippen LogP contribution is -2.26. The summed E-state index contributed by atoms with van der Waals surface area (Å²) < 4.78 is 34.1. The number of rotatable bonds is 7. The van der Waals surface area contributed by atoms with Gasteiger partial charge in [0.1, 0.15) is 5.69 Å². The van der Waals surface area contributed by atoms with E-state index in [-0.39, 0.29) is 28.9 Å². The highest BCUT2D eigenvalue weighted by Crippen LogP contribution is 2.21. The van der Waals surface area contributed by atoms with E-state index < -0.39 is 15.9 Å². The lowest BCUT2D eigenvalue weighted by atomic mass is 10.2. The zero-order valence-corrected chi connectivity index (χ0v) is 19.1. The van der Waals surface area contributed by atoms with E-state index in [0.29, 0.717) is 5.69 Å². The average molecular weight is 467 g/mol. The van der Waals surface area contributed by atoms with Crippen LogP contribution in [0.3, 0.4) is 0 Å². The molecule has 0 aliphatic carbocycles. The number of anilines is 1. The molecule has 4 rings (SSSR count). The van der Waals surface area contributed by atoms with Gasteiger partial charge in [-0.05, 0) is 42.8 Å². The summed E-state index contributed by atoms with van der Waals surface area (Å²) >= 11 is 0. The molecule has 0 unspecified atom stereocenters. The molecule has 33 heavy (non-hydrogen) atoms. The van der Waals surface area contributed by atoms with Gasteiger partial charge in [-0.25, -0.2) is 8.42 Å². The van der Waals surface area contributed by atoms with Crippen molar-refractivity contribution in [1.29, 1.82) is 0 Å². The lowest BCUT2D eigenvalue weighted by Gasteiger charge is -2.17. The van der Waals surface area contributed by atoms with Gasteiger partial charge in [0.25, 0.3) is 11.8 Å². The molecule has 2 heterocycles. The molecule has 2 aromatic heterocycles. The first kappa shape index (κ1) is 22.4. The Morgan fingerprint density at radius 3 is 2.42 bits per heavy atom. The molecule has 0 bridgehead atoms. The molecule has 0 atom stereocenters. The van der Waals surface area contributed by atoms with Gasteiger partial charge < -0.3 is 4.42 Å². The minimum atomic E-state index is -3.72. The number of amides is 1. The molecule has 0 fully saturated rings. The summed E-state index contributed by atoms with van der Waals surface area (Å²) in [4.78, 5) is 12.6. The predicted octanol–water partition coefficient (Wildman–Crippen LogP) is 2.85. The fraction of sp³-hybridized carbons (Fsp3) is 0.182. The van der Waals surface area contributed by atoms with Gasteiger partial charge in [-0.3, -0.25) is 14.8 Å². The summed E-state index contributed by atoms with van der Waals surface area (Å²) in [7, 11) is -0.410. The third-order valence-corrected chi connectivity index (χ3v) is 6.87. The summed E-state index contributed by atoms with van der Waals surface area (Å²) in [6.45, 7) is 2.12. The zero-order chi connectivity index (χ0) is 23.6. The van der Waals surface area contributed by atoms with Gasteiger partial charge in [-0.2, -0.15) is 9.40 Å². The quantitative estimate of drug-likeness (QED) is 0.444. The Morgan fingerprint density at radius 2 is 1.79 bits per heavy atom. The van der Waals surface area contributed by atoms with Gasteiger partial charge in [0.2, 0.25) is 10.0 Å². The highest BCUT2D eigenvalue weighted by molar-refractivity contribution is 7.89. The van der Waals surface area contributed by atoms with Crippen LogP contribution in [-0.4, -0.2) is 45.7 Å². The molecule has 0 aliphatic rings. The number of hydrogen-bond acceptors (Lipinski definition) is 7. The van der Waals surface area contributed by atoms with Crippen LogP contribution in [0.4, 0.5) is 6.01 Å². The van der Waals surface area contributed by atoms with E-state index in [4.69, 9.17) is 4.42 Å². The predicted molar refractivity (Wildman–Crippen MR) is 121 cm³/mol. The summed E-state index contributed by atoms with van der Waals surface area (Å²) in [5.74, 6) is -0.333. The van der Waals surface area contributed by atoms with Crippen molar-refractivity contribution in [3.8, 4) is 11.6 Å². The molecular formula is C22H22N6O4S. The molecule has 4 aromatic rings.